The second-order valence-electron chi connectivity index (χ2n) is 4.78. The van der Waals surface area contributed by atoms with Gasteiger partial charge in [0, 0.05) is 9.79 Å². The Hall–Kier alpha value is -1.49. The van der Waals surface area contributed by atoms with Crippen LogP contribution in [-0.2, 0) is 18.5 Å². The van der Waals surface area contributed by atoms with E-state index < -0.39 is 35.2 Å². The summed E-state index contributed by atoms with van der Waals surface area (Å²) in [4.78, 5) is -0.419. The summed E-state index contributed by atoms with van der Waals surface area (Å²) >= 11 is 7.16. The van der Waals surface area contributed by atoms with Gasteiger partial charge in [0.15, 0.2) is 0 Å². The van der Waals surface area contributed by atoms with Crippen molar-refractivity contribution < 1.29 is 39.5 Å². The molecule has 144 valence electrons. The van der Waals surface area contributed by atoms with Crippen molar-refractivity contribution in [1.29, 1.82) is 0 Å². The van der Waals surface area contributed by atoms with Crippen molar-refractivity contribution in [1.82, 2.24) is 0 Å². The van der Waals surface area contributed by atoms with Gasteiger partial charge in [-0.15, -0.1) is 25.3 Å². The molecule has 0 N–H and O–H groups in total. The second-order valence-corrected chi connectivity index (χ2v) is 5.78. The van der Waals surface area contributed by atoms with Gasteiger partial charge in [-0.3, -0.25) is 0 Å². The first-order chi connectivity index (χ1) is 11.6. The normalized spacial score (nSPS) is 12.4. The number of benzene rings is 2. The quantitative estimate of drug-likeness (QED) is 0.330. The SMILES string of the molecule is FC(F)(F)c1cc(S)cc(C(F)(F)F)c1.FC(F)(F)c1ccccc1S. The van der Waals surface area contributed by atoms with Gasteiger partial charge < -0.3 is 0 Å². The van der Waals surface area contributed by atoms with E-state index in [0.29, 0.717) is 12.1 Å². The molecule has 0 saturated heterocycles. The van der Waals surface area contributed by atoms with Crippen molar-refractivity contribution in [3.8, 4) is 0 Å². The van der Waals surface area contributed by atoms with Crippen LogP contribution in [0.1, 0.15) is 16.7 Å². The minimum atomic E-state index is -4.81. The molecule has 0 atom stereocenters. The summed E-state index contributed by atoms with van der Waals surface area (Å²) in [7, 11) is 0. The maximum Gasteiger partial charge on any atom is 0.417 e. The number of thiol groups is 2. The topological polar surface area (TPSA) is 0 Å². The van der Waals surface area contributed by atoms with Crippen molar-refractivity contribution >= 4 is 25.3 Å². The molecule has 26 heavy (non-hydrogen) atoms. The molecule has 0 heterocycles. The van der Waals surface area contributed by atoms with Gasteiger partial charge in [-0.05, 0) is 30.3 Å². The molecule has 0 unspecified atom stereocenters. The lowest BCUT2D eigenvalue weighted by molar-refractivity contribution is -0.143. The highest BCUT2D eigenvalue weighted by Crippen LogP contribution is 2.37. The van der Waals surface area contributed by atoms with Crippen LogP contribution in [0.15, 0.2) is 52.3 Å². The summed E-state index contributed by atoms with van der Waals surface area (Å²) in [6, 6.07) is 6.30. The zero-order chi connectivity index (χ0) is 20.3. The molecule has 0 radical (unpaired) electrons. The van der Waals surface area contributed by atoms with E-state index in [-0.39, 0.29) is 15.9 Å². The summed E-state index contributed by atoms with van der Waals surface area (Å²) in [5.41, 5.74) is -3.41. The Morgan fingerprint density at radius 1 is 0.577 bits per heavy atom. The number of rotatable bonds is 0. The predicted molar refractivity (Wildman–Crippen MR) is 82.4 cm³/mol. The van der Waals surface area contributed by atoms with Gasteiger partial charge >= 0.3 is 18.5 Å². The van der Waals surface area contributed by atoms with Crippen molar-refractivity contribution in [3.05, 3.63) is 59.2 Å². The van der Waals surface area contributed by atoms with E-state index in [1.165, 1.54) is 18.2 Å². The summed E-state index contributed by atoms with van der Waals surface area (Å²) in [6.07, 6.45) is -13.9. The van der Waals surface area contributed by atoms with Gasteiger partial charge in [0.1, 0.15) is 0 Å². The summed E-state index contributed by atoms with van der Waals surface area (Å²) < 4.78 is 109. The average Bonchev–Trinajstić information content (AvgIpc) is 2.44. The van der Waals surface area contributed by atoms with Gasteiger partial charge in [-0.1, -0.05) is 12.1 Å². The first-order valence-electron chi connectivity index (χ1n) is 6.46. The Labute approximate surface area is 152 Å². The van der Waals surface area contributed by atoms with E-state index in [1.54, 1.807) is 0 Å². The van der Waals surface area contributed by atoms with Crippen molar-refractivity contribution in [3.63, 3.8) is 0 Å². The number of hydrogen-bond donors (Lipinski definition) is 2. The first-order valence-corrected chi connectivity index (χ1v) is 7.35. The van der Waals surface area contributed by atoms with Gasteiger partial charge in [0.2, 0.25) is 0 Å². The molecular weight excluding hydrogens is 415 g/mol. The fourth-order valence-electron chi connectivity index (χ4n) is 1.65. The monoisotopic (exact) mass is 424 g/mol. The van der Waals surface area contributed by atoms with Crippen molar-refractivity contribution in [2.45, 2.75) is 28.3 Å². The molecule has 0 aliphatic rings. The third-order valence-electron chi connectivity index (χ3n) is 2.78. The lowest BCUT2D eigenvalue weighted by atomic mass is 10.1. The van der Waals surface area contributed by atoms with Gasteiger partial charge in [0.25, 0.3) is 0 Å². The van der Waals surface area contributed by atoms with Gasteiger partial charge in [0.05, 0.1) is 16.7 Å². The van der Waals surface area contributed by atoms with Gasteiger partial charge in [-0.2, -0.15) is 39.5 Å². The molecule has 2 aromatic rings. The summed E-state index contributed by atoms with van der Waals surface area (Å²) in [6.45, 7) is 0. The zero-order valence-electron chi connectivity index (χ0n) is 12.3. The third-order valence-corrected chi connectivity index (χ3v) is 3.43. The number of halogens is 9. The zero-order valence-corrected chi connectivity index (χ0v) is 14.1. The van der Waals surface area contributed by atoms with Crippen LogP contribution in [0.25, 0.3) is 0 Å². The van der Waals surface area contributed by atoms with E-state index in [1.807, 2.05) is 0 Å². The van der Waals surface area contributed by atoms with E-state index in [0.717, 1.165) is 6.07 Å². The summed E-state index contributed by atoms with van der Waals surface area (Å²) in [5.74, 6) is 0. The largest absolute Gasteiger partial charge is 0.417 e. The Balaban J connectivity index is 0.000000273. The van der Waals surface area contributed by atoms with Crippen LogP contribution < -0.4 is 0 Å². The van der Waals surface area contributed by atoms with E-state index in [9.17, 15) is 39.5 Å². The highest BCUT2D eigenvalue weighted by atomic mass is 32.1. The Kier molecular flexibility index (Phi) is 6.97. The lowest BCUT2D eigenvalue weighted by Crippen LogP contribution is -2.10. The minimum Gasteiger partial charge on any atom is -0.166 e. The van der Waals surface area contributed by atoms with Crippen LogP contribution in [0.5, 0.6) is 0 Å². The fourth-order valence-corrected chi connectivity index (χ4v) is 2.22. The molecule has 11 heteroatoms. The molecule has 0 bridgehead atoms. The van der Waals surface area contributed by atoms with Gasteiger partial charge in [-0.25, -0.2) is 0 Å². The third kappa shape index (κ3) is 6.67. The highest BCUT2D eigenvalue weighted by molar-refractivity contribution is 7.80. The smallest absolute Gasteiger partial charge is 0.166 e. The molecule has 0 aliphatic carbocycles. The summed E-state index contributed by atoms with van der Waals surface area (Å²) in [5, 5.41) is 0. The standard InChI is InChI=1S/C8H4F6S.C7H5F3S/c9-7(10,11)4-1-5(8(12,13)14)3-6(15)2-4;8-7(9,10)5-3-1-2-4-6(5)11/h1-3,15H;1-4,11H. The van der Waals surface area contributed by atoms with Crippen LogP contribution in [0, 0.1) is 0 Å². The van der Waals surface area contributed by atoms with E-state index in [2.05, 4.69) is 25.3 Å². The Bertz CT molecular complexity index is 714. The molecule has 0 amide bonds. The molecule has 2 rings (SSSR count). The van der Waals surface area contributed by atoms with Crippen LogP contribution in [0.2, 0.25) is 0 Å². The lowest BCUT2D eigenvalue weighted by Gasteiger charge is -2.12. The Morgan fingerprint density at radius 3 is 1.31 bits per heavy atom. The van der Waals surface area contributed by atoms with E-state index in [4.69, 9.17) is 0 Å². The predicted octanol–water partition coefficient (Wildman–Crippen LogP) is 7.01. The van der Waals surface area contributed by atoms with Crippen molar-refractivity contribution in [2.75, 3.05) is 0 Å². The van der Waals surface area contributed by atoms with Crippen LogP contribution in [0.4, 0.5) is 39.5 Å². The first kappa shape index (κ1) is 22.6. The Morgan fingerprint density at radius 2 is 1.00 bits per heavy atom. The highest BCUT2D eigenvalue weighted by Gasteiger charge is 2.36. The van der Waals surface area contributed by atoms with E-state index >= 15 is 0 Å². The molecule has 2 aromatic carbocycles. The average molecular weight is 424 g/mol. The molecule has 0 spiro atoms. The maximum atomic E-state index is 12.1. The molecule has 0 nitrogen and oxygen atoms in total. The molecular formula is C15H9F9S2. The second kappa shape index (κ2) is 8.03. The molecule has 0 saturated carbocycles. The van der Waals surface area contributed by atoms with Crippen LogP contribution >= 0.6 is 25.3 Å². The van der Waals surface area contributed by atoms with Crippen molar-refractivity contribution in [2.24, 2.45) is 0 Å². The minimum absolute atomic E-state index is 0.0417. The maximum absolute atomic E-state index is 12.1. The van der Waals surface area contributed by atoms with Crippen LogP contribution in [0.3, 0.4) is 0 Å². The van der Waals surface area contributed by atoms with Crippen LogP contribution in [-0.4, -0.2) is 0 Å². The fraction of sp³-hybridized carbons (Fsp3) is 0.200. The number of alkyl halides is 9. The molecule has 0 aliphatic heterocycles. The number of hydrogen-bond acceptors (Lipinski definition) is 2. The molecule has 0 aromatic heterocycles. The molecule has 0 fully saturated rings.